The number of halogens is 1. The highest BCUT2D eigenvalue weighted by molar-refractivity contribution is 9.10. The lowest BCUT2D eigenvalue weighted by Gasteiger charge is -2.18. The predicted octanol–water partition coefficient (Wildman–Crippen LogP) is 3.43. The van der Waals surface area contributed by atoms with Crippen LogP contribution >= 0.6 is 15.9 Å². The number of nitrogens with one attached hydrogen (secondary N) is 1. The molecule has 3 unspecified atom stereocenters. The standard InChI is InChI=1S/C17H22BrNO4/c1-11-2-7-14(23-11)8-9-16(20)19-15(10-17(21)22)12-3-5-13(18)6-4-12/h3-6,11,14-15H,2,7-10H2,1H3,(H,19,20)(H,21,22). The maximum atomic E-state index is 12.1. The molecule has 2 rings (SSSR count). The zero-order chi connectivity index (χ0) is 16.8. The van der Waals surface area contributed by atoms with Crippen molar-refractivity contribution in [1.82, 2.24) is 5.32 Å². The first-order valence-corrected chi connectivity index (χ1v) is 8.65. The van der Waals surface area contributed by atoms with Crippen molar-refractivity contribution in [2.24, 2.45) is 0 Å². The Hall–Kier alpha value is -1.40. The summed E-state index contributed by atoms with van der Waals surface area (Å²) in [5.41, 5.74) is 0.787. The number of carboxylic acid groups (broad SMARTS) is 1. The van der Waals surface area contributed by atoms with Crippen LogP contribution in [0, 0.1) is 0 Å². The highest BCUT2D eigenvalue weighted by Gasteiger charge is 2.23. The normalized spacial score (nSPS) is 21.8. The third kappa shape index (κ3) is 5.95. The Kier molecular flexibility index (Phi) is 6.59. The van der Waals surface area contributed by atoms with Gasteiger partial charge in [-0.15, -0.1) is 0 Å². The van der Waals surface area contributed by atoms with Crippen LogP contribution in [-0.2, 0) is 14.3 Å². The molecule has 0 aromatic heterocycles. The zero-order valence-electron chi connectivity index (χ0n) is 13.1. The van der Waals surface area contributed by atoms with Crippen LogP contribution in [0.15, 0.2) is 28.7 Å². The molecule has 23 heavy (non-hydrogen) atoms. The fourth-order valence-electron chi connectivity index (χ4n) is 2.78. The van der Waals surface area contributed by atoms with Crippen molar-refractivity contribution in [3.63, 3.8) is 0 Å². The minimum absolute atomic E-state index is 0.135. The molecule has 1 aromatic rings. The first-order chi connectivity index (χ1) is 10.9. The summed E-state index contributed by atoms with van der Waals surface area (Å²) in [6.45, 7) is 2.04. The van der Waals surface area contributed by atoms with E-state index < -0.39 is 12.0 Å². The topological polar surface area (TPSA) is 75.6 Å². The third-order valence-electron chi connectivity index (χ3n) is 4.00. The molecule has 1 aromatic carbocycles. The lowest BCUT2D eigenvalue weighted by molar-refractivity contribution is -0.137. The molecule has 1 fully saturated rings. The van der Waals surface area contributed by atoms with E-state index >= 15 is 0 Å². The molecule has 126 valence electrons. The van der Waals surface area contributed by atoms with Gasteiger partial charge in [-0.05, 0) is 43.9 Å². The summed E-state index contributed by atoms with van der Waals surface area (Å²) in [4.78, 5) is 23.2. The van der Waals surface area contributed by atoms with E-state index in [0.29, 0.717) is 12.8 Å². The Labute approximate surface area is 144 Å². The smallest absolute Gasteiger partial charge is 0.305 e. The molecule has 0 bridgehead atoms. The number of carboxylic acids is 1. The molecule has 3 atom stereocenters. The van der Waals surface area contributed by atoms with Gasteiger partial charge < -0.3 is 15.2 Å². The molecule has 0 aliphatic carbocycles. The van der Waals surface area contributed by atoms with Crippen LogP contribution in [0.5, 0.6) is 0 Å². The molecular formula is C17H22BrNO4. The first-order valence-electron chi connectivity index (χ1n) is 7.86. The second-order valence-electron chi connectivity index (χ2n) is 5.95. The molecule has 2 N–H and O–H groups in total. The largest absolute Gasteiger partial charge is 0.481 e. The molecule has 6 heteroatoms. The lowest BCUT2D eigenvalue weighted by atomic mass is 10.0. The van der Waals surface area contributed by atoms with Crippen LogP contribution in [-0.4, -0.2) is 29.2 Å². The summed E-state index contributed by atoms with van der Waals surface area (Å²) in [7, 11) is 0. The summed E-state index contributed by atoms with van der Waals surface area (Å²) in [5, 5.41) is 11.9. The molecule has 0 radical (unpaired) electrons. The van der Waals surface area contributed by atoms with Crippen LogP contribution in [0.1, 0.15) is 50.6 Å². The number of amides is 1. The van der Waals surface area contributed by atoms with E-state index in [2.05, 4.69) is 21.2 Å². The molecular weight excluding hydrogens is 362 g/mol. The van der Waals surface area contributed by atoms with Crippen molar-refractivity contribution < 1.29 is 19.4 Å². The van der Waals surface area contributed by atoms with Crippen LogP contribution in [0.25, 0.3) is 0 Å². The minimum Gasteiger partial charge on any atom is -0.481 e. The number of benzene rings is 1. The van der Waals surface area contributed by atoms with Gasteiger partial charge in [0.1, 0.15) is 0 Å². The van der Waals surface area contributed by atoms with Gasteiger partial charge in [-0.2, -0.15) is 0 Å². The monoisotopic (exact) mass is 383 g/mol. The quantitative estimate of drug-likeness (QED) is 0.755. The first kappa shape index (κ1) is 17.9. The molecule has 1 aliphatic rings. The Bertz CT molecular complexity index is 546. The second-order valence-corrected chi connectivity index (χ2v) is 6.87. The highest BCUT2D eigenvalue weighted by atomic mass is 79.9. The fraction of sp³-hybridized carbons (Fsp3) is 0.529. The zero-order valence-corrected chi connectivity index (χ0v) is 14.7. The van der Waals surface area contributed by atoms with Crippen LogP contribution in [0.3, 0.4) is 0 Å². The van der Waals surface area contributed by atoms with Crippen molar-refractivity contribution in [3.05, 3.63) is 34.3 Å². The fourth-order valence-corrected chi connectivity index (χ4v) is 3.04. The van der Waals surface area contributed by atoms with Crippen molar-refractivity contribution in [2.75, 3.05) is 0 Å². The molecule has 1 heterocycles. The van der Waals surface area contributed by atoms with Crippen molar-refractivity contribution >= 4 is 27.8 Å². The van der Waals surface area contributed by atoms with E-state index in [1.54, 1.807) is 0 Å². The average Bonchev–Trinajstić information content (AvgIpc) is 2.90. The summed E-state index contributed by atoms with van der Waals surface area (Å²) in [6.07, 6.45) is 3.32. The molecule has 5 nitrogen and oxygen atoms in total. The van der Waals surface area contributed by atoms with E-state index in [1.165, 1.54) is 0 Å². The average molecular weight is 384 g/mol. The number of ether oxygens (including phenoxy) is 1. The van der Waals surface area contributed by atoms with Gasteiger partial charge in [0.05, 0.1) is 24.7 Å². The molecule has 1 aliphatic heterocycles. The Morgan fingerprint density at radius 2 is 2.04 bits per heavy atom. The highest BCUT2D eigenvalue weighted by Crippen LogP contribution is 2.23. The lowest BCUT2D eigenvalue weighted by Crippen LogP contribution is -2.30. The van der Waals surface area contributed by atoms with Gasteiger partial charge in [-0.3, -0.25) is 9.59 Å². The number of aliphatic carboxylic acids is 1. The maximum absolute atomic E-state index is 12.1. The van der Waals surface area contributed by atoms with Gasteiger partial charge in [0.15, 0.2) is 0 Å². The van der Waals surface area contributed by atoms with E-state index in [0.717, 1.165) is 22.9 Å². The van der Waals surface area contributed by atoms with Crippen molar-refractivity contribution in [2.45, 2.75) is 57.3 Å². The Morgan fingerprint density at radius 1 is 1.35 bits per heavy atom. The van der Waals surface area contributed by atoms with Crippen LogP contribution in [0.4, 0.5) is 0 Å². The van der Waals surface area contributed by atoms with Gasteiger partial charge in [0.2, 0.25) is 5.91 Å². The van der Waals surface area contributed by atoms with Gasteiger partial charge in [0.25, 0.3) is 0 Å². The minimum atomic E-state index is -0.939. The van der Waals surface area contributed by atoms with E-state index in [9.17, 15) is 9.59 Å². The van der Waals surface area contributed by atoms with Crippen LogP contribution in [0.2, 0.25) is 0 Å². The summed E-state index contributed by atoms with van der Waals surface area (Å²) in [5.74, 6) is -1.08. The third-order valence-corrected chi connectivity index (χ3v) is 4.53. The number of carbonyl (C=O) groups is 2. The summed E-state index contributed by atoms with van der Waals surface area (Å²) < 4.78 is 6.61. The Morgan fingerprint density at radius 3 is 2.61 bits per heavy atom. The van der Waals surface area contributed by atoms with Gasteiger partial charge in [-0.1, -0.05) is 28.1 Å². The van der Waals surface area contributed by atoms with Crippen LogP contribution < -0.4 is 5.32 Å². The second kappa shape index (κ2) is 8.45. The van der Waals surface area contributed by atoms with Crippen molar-refractivity contribution in [1.29, 1.82) is 0 Å². The number of hydrogen-bond acceptors (Lipinski definition) is 3. The predicted molar refractivity (Wildman–Crippen MR) is 90.1 cm³/mol. The Balaban J connectivity index is 1.90. The maximum Gasteiger partial charge on any atom is 0.305 e. The number of rotatable bonds is 7. The van der Waals surface area contributed by atoms with E-state index in [4.69, 9.17) is 9.84 Å². The molecule has 0 saturated carbocycles. The number of carbonyl (C=O) groups excluding carboxylic acids is 1. The summed E-state index contributed by atoms with van der Waals surface area (Å²) >= 11 is 3.35. The van der Waals surface area contributed by atoms with E-state index in [1.807, 2.05) is 31.2 Å². The van der Waals surface area contributed by atoms with E-state index in [-0.39, 0.29) is 24.5 Å². The van der Waals surface area contributed by atoms with Gasteiger partial charge in [0, 0.05) is 10.9 Å². The molecule has 1 amide bonds. The SMILES string of the molecule is CC1CCC(CCC(=O)NC(CC(=O)O)c2ccc(Br)cc2)O1. The van der Waals surface area contributed by atoms with Gasteiger partial charge >= 0.3 is 5.97 Å². The number of hydrogen-bond donors (Lipinski definition) is 2. The van der Waals surface area contributed by atoms with Gasteiger partial charge in [-0.25, -0.2) is 0 Å². The molecule has 0 spiro atoms. The molecule has 1 saturated heterocycles. The van der Waals surface area contributed by atoms with Crippen molar-refractivity contribution in [3.8, 4) is 0 Å². The summed E-state index contributed by atoms with van der Waals surface area (Å²) in [6, 6.07) is 6.80.